The van der Waals surface area contributed by atoms with E-state index in [1.165, 1.54) is 12.1 Å². The number of carbonyl (C=O) groups is 2. The molecule has 1 aliphatic heterocycles. The van der Waals surface area contributed by atoms with Crippen molar-refractivity contribution in [2.24, 2.45) is 16.4 Å². The van der Waals surface area contributed by atoms with Crippen molar-refractivity contribution in [3.63, 3.8) is 0 Å². The van der Waals surface area contributed by atoms with E-state index in [0.717, 1.165) is 5.56 Å². The van der Waals surface area contributed by atoms with Crippen molar-refractivity contribution < 1.29 is 14.3 Å². The topological polar surface area (TPSA) is 59.0 Å². The predicted molar refractivity (Wildman–Crippen MR) is 99.2 cm³/mol. The molecule has 132 valence electrons. The lowest BCUT2D eigenvalue weighted by atomic mass is 9.93. The third kappa shape index (κ3) is 2.20. The smallest absolute Gasteiger partial charge is 0.310 e. The van der Waals surface area contributed by atoms with Crippen LogP contribution in [0.15, 0.2) is 59.7 Å². The van der Waals surface area contributed by atoms with Crippen LogP contribution in [0, 0.1) is 11.3 Å². The van der Waals surface area contributed by atoms with E-state index in [0.29, 0.717) is 16.4 Å². The van der Waals surface area contributed by atoms with Crippen molar-refractivity contribution in [1.82, 2.24) is 0 Å². The first kappa shape index (κ1) is 16.8. The van der Waals surface area contributed by atoms with Crippen LogP contribution in [0.25, 0.3) is 0 Å². The summed E-state index contributed by atoms with van der Waals surface area (Å²) in [5, 5.41) is 6.48. The number of ether oxygens (including phenoxy) is 1. The highest BCUT2D eigenvalue weighted by Crippen LogP contribution is 2.68. The van der Waals surface area contributed by atoms with E-state index in [2.05, 4.69) is 5.10 Å². The molecule has 0 unspecified atom stereocenters. The van der Waals surface area contributed by atoms with Crippen LogP contribution in [0.4, 0.5) is 5.69 Å². The molecule has 3 atom stereocenters. The number of hydrogen-bond acceptors (Lipinski definition) is 4. The van der Waals surface area contributed by atoms with Gasteiger partial charge >= 0.3 is 5.97 Å². The maximum Gasteiger partial charge on any atom is 0.310 e. The Hall–Kier alpha value is -2.66. The molecular formula is C20H17ClN2O3. The fraction of sp³-hybridized carbons (Fsp3) is 0.250. The monoisotopic (exact) mass is 368 g/mol. The average Bonchev–Trinajstić information content (AvgIpc) is 3.30. The zero-order valence-electron chi connectivity index (χ0n) is 14.3. The number of carbonyl (C=O) groups excluding carboxylic acids is 2. The number of hydrogen-bond donors (Lipinski definition) is 0. The summed E-state index contributed by atoms with van der Waals surface area (Å²) in [6.45, 7) is 1.80. The molecule has 1 aliphatic carbocycles. The number of anilines is 1. The summed E-state index contributed by atoms with van der Waals surface area (Å²) in [6.07, 6.45) is 0. The van der Waals surface area contributed by atoms with Gasteiger partial charge in [-0.1, -0.05) is 41.9 Å². The lowest BCUT2D eigenvalue weighted by Crippen LogP contribution is -2.32. The van der Waals surface area contributed by atoms with Crippen molar-refractivity contribution in [3.8, 4) is 0 Å². The predicted octanol–water partition coefficient (Wildman–Crippen LogP) is 3.64. The quantitative estimate of drug-likeness (QED) is 0.777. The van der Waals surface area contributed by atoms with Crippen molar-refractivity contribution in [2.45, 2.75) is 12.8 Å². The number of hydrazone groups is 1. The van der Waals surface area contributed by atoms with Crippen LogP contribution in [-0.4, -0.2) is 24.7 Å². The number of halogens is 1. The number of benzene rings is 2. The summed E-state index contributed by atoms with van der Waals surface area (Å²) in [6, 6.07) is 16.4. The third-order valence-corrected chi connectivity index (χ3v) is 5.54. The zero-order chi connectivity index (χ0) is 18.5. The molecule has 1 saturated carbocycles. The SMILES string of the molecule is COC(=O)[C@H]1[C@H](c2ccc(Cl)cc2)[C@]12C(=O)N(c1ccccc1)N=C2C. The average molecular weight is 369 g/mol. The van der Waals surface area contributed by atoms with Gasteiger partial charge in [-0.05, 0) is 36.8 Å². The molecule has 1 heterocycles. The third-order valence-electron chi connectivity index (χ3n) is 5.29. The number of esters is 1. The van der Waals surface area contributed by atoms with Gasteiger partial charge in [-0.25, -0.2) is 0 Å². The van der Waals surface area contributed by atoms with Gasteiger partial charge in [0.1, 0.15) is 5.41 Å². The lowest BCUT2D eigenvalue weighted by molar-refractivity contribution is -0.143. The zero-order valence-corrected chi connectivity index (χ0v) is 15.1. The first-order chi connectivity index (χ1) is 12.5. The molecule has 1 spiro atoms. The Labute approximate surface area is 156 Å². The molecule has 2 aromatic rings. The van der Waals surface area contributed by atoms with Crippen LogP contribution in [0.3, 0.4) is 0 Å². The van der Waals surface area contributed by atoms with Crippen LogP contribution in [-0.2, 0) is 14.3 Å². The van der Waals surface area contributed by atoms with Crippen LogP contribution in [0.2, 0.25) is 5.02 Å². The van der Waals surface area contributed by atoms with E-state index in [1.807, 2.05) is 42.5 Å². The Morgan fingerprint density at radius 3 is 2.42 bits per heavy atom. The summed E-state index contributed by atoms with van der Waals surface area (Å²) in [4.78, 5) is 25.8. The Morgan fingerprint density at radius 1 is 1.15 bits per heavy atom. The largest absolute Gasteiger partial charge is 0.469 e. The lowest BCUT2D eigenvalue weighted by Gasteiger charge is -2.14. The van der Waals surface area contributed by atoms with Gasteiger partial charge in [-0.15, -0.1) is 0 Å². The van der Waals surface area contributed by atoms with Crippen LogP contribution >= 0.6 is 11.6 Å². The van der Waals surface area contributed by atoms with Crippen molar-refractivity contribution in [3.05, 3.63) is 65.2 Å². The number of methoxy groups -OCH3 is 1. The molecule has 4 rings (SSSR count). The van der Waals surface area contributed by atoms with E-state index < -0.39 is 17.3 Å². The van der Waals surface area contributed by atoms with E-state index in [9.17, 15) is 9.59 Å². The Kier molecular flexibility index (Phi) is 3.84. The van der Waals surface area contributed by atoms with Gasteiger partial charge in [0.2, 0.25) is 0 Å². The molecule has 0 N–H and O–H groups in total. The molecule has 6 heteroatoms. The molecular weight excluding hydrogens is 352 g/mol. The minimum absolute atomic E-state index is 0.198. The molecule has 1 fully saturated rings. The summed E-state index contributed by atoms with van der Waals surface area (Å²) < 4.78 is 4.98. The van der Waals surface area contributed by atoms with E-state index in [-0.39, 0.29) is 11.8 Å². The second-order valence-corrected chi connectivity index (χ2v) is 6.97. The highest BCUT2D eigenvalue weighted by Gasteiger charge is 2.78. The maximum atomic E-state index is 13.4. The molecule has 26 heavy (non-hydrogen) atoms. The van der Waals surface area contributed by atoms with Crippen LogP contribution in [0.5, 0.6) is 0 Å². The Balaban J connectivity index is 1.78. The number of rotatable bonds is 3. The highest BCUT2D eigenvalue weighted by atomic mass is 35.5. The first-order valence-electron chi connectivity index (χ1n) is 8.30. The number of nitrogens with zero attached hydrogens (tertiary/aromatic N) is 2. The van der Waals surface area contributed by atoms with E-state index >= 15 is 0 Å². The maximum absolute atomic E-state index is 13.4. The van der Waals surface area contributed by atoms with Gasteiger partial charge in [-0.2, -0.15) is 10.1 Å². The summed E-state index contributed by atoms with van der Waals surface area (Å²) in [5.41, 5.74) is 1.19. The number of amides is 1. The summed E-state index contributed by atoms with van der Waals surface area (Å²) in [7, 11) is 1.34. The molecule has 0 saturated heterocycles. The van der Waals surface area contributed by atoms with Crippen molar-refractivity contribution in [2.75, 3.05) is 12.1 Å². The Bertz CT molecular complexity index is 910. The molecule has 0 bridgehead atoms. The standard InChI is InChI=1S/C20H17ClN2O3/c1-12-20(19(25)23(22-12)15-6-4-3-5-7-15)16(17(20)18(24)26-2)13-8-10-14(21)11-9-13/h3-11,16-17H,1-2H3/t16-,17+,20-/m0/s1. The fourth-order valence-corrected chi connectivity index (χ4v) is 4.16. The van der Waals surface area contributed by atoms with Crippen LogP contribution < -0.4 is 5.01 Å². The van der Waals surface area contributed by atoms with Gasteiger partial charge < -0.3 is 4.74 Å². The summed E-state index contributed by atoms with van der Waals surface area (Å²) >= 11 is 5.98. The van der Waals surface area contributed by atoms with Crippen LogP contribution in [0.1, 0.15) is 18.4 Å². The highest BCUT2D eigenvalue weighted by molar-refractivity contribution is 6.30. The van der Waals surface area contributed by atoms with Gasteiger partial charge in [0.25, 0.3) is 5.91 Å². The second-order valence-electron chi connectivity index (χ2n) is 6.54. The normalized spacial score (nSPS) is 26.8. The molecule has 2 aliphatic rings. The van der Waals surface area contributed by atoms with Crippen molar-refractivity contribution in [1.29, 1.82) is 0 Å². The summed E-state index contributed by atoms with van der Waals surface area (Å²) in [5.74, 6) is -1.49. The first-order valence-corrected chi connectivity index (χ1v) is 8.68. The minimum Gasteiger partial charge on any atom is -0.469 e. The molecule has 0 aromatic heterocycles. The second kappa shape index (κ2) is 5.95. The Morgan fingerprint density at radius 2 is 1.81 bits per heavy atom. The van der Waals surface area contributed by atoms with Gasteiger partial charge in [0, 0.05) is 10.9 Å². The van der Waals surface area contributed by atoms with Gasteiger partial charge in [0.05, 0.1) is 24.4 Å². The van der Waals surface area contributed by atoms with Crippen molar-refractivity contribution >= 4 is 34.9 Å². The van der Waals surface area contributed by atoms with Gasteiger partial charge in [0.15, 0.2) is 0 Å². The van der Waals surface area contributed by atoms with Gasteiger partial charge in [-0.3, -0.25) is 9.59 Å². The van der Waals surface area contributed by atoms with E-state index in [4.69, 9.17) is 16.3 Å². The number of para-hydroxylation sites is 1. The van der Waals surface area contributed by atoms with E-state index in [1.54, 1.807) is 19.1 Å². The minimum atomic E-state index is -0.989. The molecule has 5 nitrogen and oxygen atoms in total. The molecule has 1 amide bonds. The molecule has 0 radical (unpaired) electrons. The molecule has 2 aromatic carbocycles. The fourth-order valence-electron chi connectivity index (χ4n) is 4.03.